The number of amides is 1. The molecule has 0 spiro atoms. The van der Waals surface area contributed by atoms with E-state index in [4.69, 9.17) is 10.5 Å². The maximum Gasteiger partial charge on any atom is 0.343 e. The fraction of sp³-hybridized carbons (Fsp3) is 0.458. The van der Waals surface area contributed by atoms with Gasteiger partial charge in [0.2, 0.25) is 5.91 Å². The molecule has 8 heteroatoms. The minimum Gasteiger partial charge on any atom is -0.506 e. The molecule has 0 saturated heterocycles. The molecule has 32 heavy (non-hydrogen) atoms. The molecule has 2 rings (SSSR count). The molecule has 0 radical (unpaired) electrons. The first-order valence-corrected chi connectivity index (χ1v) is 10.9. The van der Waals surface area contributed by atoms with Gasteiger partial charge in [-0.3, -0.25) is 9.59 Å². The lowest BCUT2D eigenvalue weighted by Crippen LogP contribution is -2.23. The van der Waals surface area contributed by atoms with Crippen molar-refractivity contribution in [2.45, 2.75) is 57.8 Å². The van der Waals surface area contributed by atoms with Gasteiger partial charge in [0.1, 0.15) is 17.1 Å². The number of carbonyl (C=O) groups is 2. The van der Waals surface area contributed by atoms with Crippen LogP contribution < -0.4 is 16.0 Å². The zero-order valence-corrected chi connectivity index (χ0v) is 18.7. The first kappa shape index (κ1) is 25.0. The number of nitrogens with one attached hydrogen (secondary N) is 1. The number of aromatic amines is 1. The summed E-state index contributed by atoms with van der Waals surface area (Å²) in [5.74, 6) is -2.16. The molecule has 1 aromatic heterocycles. The summed E-state index contributed by atoms with van der Waals surface area (Å²) in [4.78, 5) is 38.5. The molecule has 1 atom stereocenters. The molecule has 0 aliphatic heterocycles. The summed E-state index contributed by atoms with van der Waals surface area (Å²) in [6.07, 6.45) is 7.87. The molecule has 0 unspecified atom stereocenters. The van der Waals surface area contributed by atoms with E-state index in [1.165, 1.54) is 25.7 Å². The SMILES string of the molecule is CCCCCCCCOc1ccc([C@H](CC(N)=O)c2c(O)c(C(=O)OC)c[nH]c2=O)cc1. The van der Waals surface area contributed by atoms with Gasteiger partial charge in [-0.25, -0.2) is 4.79 Å². The zero-order chi connectivity index (χ0) is 23.5. The van der Waals surface area contributed by atoms with Crippen LogP contribution in [-0.4, -0.2) is 35.7 Å². The molecular weight excluding hydrogens is 412 g/mol. The maximum absolute atomic E-state index is 12.5. The van der Waals surface area contributed by atoms with Crippen LogP contribution in [0.3, 0.4) is 0 Å². The Morgan fingerprint density at radius 1 is 1.09 bits per heavy atom. The first-order valence-electron chi connectivity index (χ1n) is 10.9. The summed E-state index contributed by atoms with van der Waals surface area (Å²) in [5, 5.41) is 10.6. The zero-order valence-electron chi connectivity index (χ0n) is 18.7. The van der Waals surface area contributed by atoms with E-state index in [1.807, 2.05) is 0 Å². The lowest BCUT2D eigenvalue weighted by molar-refractivity contribution is -0.118. The largest absolute Gasteiger partial charge is 0.506 e. The third-order valence-electron chi connectivity index (χ3n) is 5.31. The third-order valence-corrected chi connectivity index (χ3v) is 5.31. The Morgan fingerprint density at radius 3 is 2.38 bits per heavy atom. The summed E-state index contributed by atoms with van der Waals surface area (Å²) in [5.41, 5.74) is 5.04. The van der Waals surface area contributed by atoms with Crippen LogP contribution in [0.25, 0.3) is 0 Å². The highest BCUT2D eigenvalue weighted by atomic mass is 16.5. The number of ether oxygens (including phenoxy) is 2. The van der Waals surface area contributed by atoms with Crippen molar-refractivity contribution in [2.75, 3.05) is 13.7 Å². The molecule has 0 aliphatic carbocycles. The van der Waals surface area contributed by atoms with Crippen LogP contribution in [0.4, 0.5) is 0 Å². The van der Waals surface area contributed by atoms with Crippen molar-refractivity contribution in [1.29, 1.82) is 0 Å². The number of benzene rings is 1. The van der Waals surface area contributed by atoms with Crippen LogP contribution >= 0.6 is 0 Å². The van der Waals surface area contributed by atoms with E-state index in [0.717, 1.165) is 26.1 Å². The Kier molecular flexibility index (Phi) is 9.78. The minimum absolute atomic E-state index is 0.118. The van der Waals surface area contributed by atoms with Crippen molar-refractivity contribution < 1.29 is 24.2 Å². The smallest absolute Gasteiger partial charge is 0.343 e. The molecule has 0 bridgehead atoms. The lowest BCUT2D eigenvalue weighted by atomic mass is 9.87. The molecule has 1 heterocycles. The van der Waals surface area contributed by atoms with Gasteiger partial charge in [0.15, 0.2) is 0 Å². The number of primary amides is 1. The monoisotopic (exact) mass is 444 g/mol. The number of esters is 1. The number of unbranched alkanes of at least 4 members (excludes halogenated alkanes) is 5. The molecule has 1 aromatic carbocycles. The predicted octanol–water partition coefficient (Wildman–Crippen LogP) is 3.61. The minimum atomic E-state index is -0.839. The van der Waals surface area contributed by atoms with Gasteiger partial charge in [-0.2, -0.15) is 0 Å². The number of nitrogens with two attached hydrogens (primary N) is 1. The van der Waals surface area contributed by atoms with Crippen LogP contribution in [0.1, 0.15) is 79.3 Å². The number of hydrogen-bond acceptors (Lipinski definition) is 6. The number of aromatic nitrogens is 1. The summed E-state index contributed by atoms with van der Waals surface area (Å²) >= 11 is 0. The Labute approximate surface area is 187 Å². The maximum atomic E-state index is 12.5. The highest BCUT2D eigenvalue weighted by Gasteiger charge is 2.27. The first-order chi connectivity index (χ1) is 15.4. The van der Waals surface area contributed by atoms with E-state index >= 15 is 0 Å². The van der Waals surface area contributed by atoms with Crippen molar-refractivity contribution in [3.8, 4) is 11.5 Å². The Balaban J connectivity index is 2.18. The molecule has 0 fully saturated rings. The number of rotatable bonds is 13. The molecule has 8 nitrogen and oxygen atoms in total. The van der Waals surface area contributed by atoms with Gasteiger partial charge in [0.05, 0.1) is 19.3 Å². The second kappa shape index (κ2) is 12.5. The normalized spacial score (nSPS) is 11.7. The van der Waals surface area contributed by atoms with Crippen LogP contribution in [0.2, 0.25) is 0 Å². The number of hydrogen-bond donors (Lipinski definition) is 3. The van der Waals surface area contributed by atoms with Gasteiger partial charge in [-0.15, -0.1) is 0 Å². The Morgan fingerprint density at radius 2 is 1.75 bits per heavy atom. The summed E-state index contributed by atoms with van der Waals surface area (Å²) in [6, 6.07) is 6.92. The van der Waals surface area contributed by atoms with Gasteiger partial charge in [0, 0.05) is 18.5 Å². The second-order valence-electron chi connectivity index (χ2n) is 7.69. The summed E-state index contributed by atoms with van der Waals surface area (Å²) < 4.78 is 10.4. The fourth-order valence-electron chi connectivity index (χ4n) is 3.58. The van der Waals surface area contributed by atoms with E-state index in [0.29, 0.717) is 17.9 Å². The highest BCUT2D eigenvalue weighted by Crippen LogP contribution is 2.34. The highest BCUT2D eigenvalue weighted by molar-refractivity contribution is 5.92. The molecule has 174 valence electrons. The van der Waals surface area contributed by atoms with Gasteiger partial charge in [-0.1, -0.05) is 51.2 Å². The second-order valence-corrected chi connectivity index (χ2v) is 7.69. The number of pyridine rings is 1. The van der Waals surface area contributed by atoms with Crippen molar-refractivity contribution >= 4 is 11.9 Å². The summed E-state index contributed by atoms with van der Waals surface area (Å²) in [7, 11) is 1.16. The van der Waals surface area contributed by atoms with E-state index in [2.05, 4.69) is 16.6 Å². The molecule has 4 N–H and O–H groups in total. The molecule has 1 amide bonds. The summed E-state index contributed by atoms with van der Waals surface area (Å²) in [6.45, 7) is 2.80. The van der Waals surface area contributed by atoms with Crippen molar-refractivity contribution in [2.24, 2.45) is 5.73 Å². The Bertz CT molecular complexity index is 952. The quantitative estimate of drug-likeness (QED) is 0.319. The molecule has 0 aliphatic rings. The number of H-pyrrole nitrogens is 1. The predicted molar refractivity (Wildman–Crippen MR) is 121 cm³/mol. The molecule has 2 aromatic rings. The Hall–Kier alpha value is -3.29. The van der Waals surface area contributed by atoms with Gasteiger partial charge in [-0.05, 0) is 24.1 Å². The van der Waals surface area contributed by atoms with Crippen molar-refractivity contribution in [1.82, 2.24) is 4.98 Å². The van der Waals surface area contributed by atoms with E-state index in [9.17, 15) is 19.5 Å². The average molecular weight is 445 g/mol. The van der Waals surface area contributed by atoms with Crippen LogP contribution in [0.5, 0.6) is 11.5 Å². The lowest BCUT2D eigenvalue weighted by Gasteiger charge is -2.18. The molecular formula is C24H32N2O6. The van der Waals surface area contributed by atoms with Gasteiger partial charge < -0.3 is 25.3 Å². The number of carbonyl (C=O) groups excluding carboxylic acids is 2. The third kappa shape index (κ3) is 6.87. The topological polar surface area (TPSA) is 132 Å². The molecule has 0 saturated carbocycles. The van der Waals surface area contributed by atoms with Crippen LogP contribution in [0, 0.1) is 0 Å². The number of methoxy groups -OCH3 is 1. The average Bonchev–Trinajstić information content (AvgIpc) is 2.77. The van der Waals surface area contributed by atoms with Crippen LogP contribution in [0.15, 0.2) is 35.3 Å². The van der Waals surface area contributed by atoms with Gasteiger partial charge >= 0.3 is 5.97 Å². The standard InChI is InChI=1S/C24H32N2O6/c1-3-4-5-6-7-8-13-32-17-11-9-16(10-12-17)18(14-20(25)27)21-22(28)19(24(30)31-2)15-26-23(21)29/h9-12,15,18H,3-8,13-14H2,1-2H3,(H2,25,27)(H2,26,28,29)/t18-/m0/s1. The van der Waals surface area contributed by atoms with Crippen molar-refractivity contribution in [3.05, 3.63) is 57.5 Å². The van der Waals surface area contributed by atoms with E-state index < -0.39 is 29.1 Å². The fourth-order valence-corrected chi connectivity index (χ4v) is 3.58. The van der Waals surface area contributed by atoms with Crippen LogP contribution in [-0.2, 0) is 9.53 Å². The van der Waals surface area contributed by atoms with Gasteiger partial charge in [0.25, 0.3) is 5.56 Å². The van der Waals surface area contributed by atoms with E-state index in [-0.39, 0.29) is 17.5 Å². The van der Waals surface area contributed by atoms with Crippen molar-refractivity contribution in [3.63, 3.8) is 0 Å². The number of aromatic hydroxyl groups is 1. The van der Waals surface area contributed by atoms with E-state index in [1.54, 1.807) is 24.3 Å².